The number of halogens is 1. The maximum absolute atomic E-state index is 14.5. The molecule has 2 aromatic carbocycles. The number of rotatable bonds is 7. The van der Waals surface area contributed by atoms with E-state index in [1.54, 1.807) is 32.4 Å². The molecule has 29 heavy (non-hydrogen) atoms. The smallest absolute Gasteiger partial charge is 0.307 e. The van der Waals surface area contributed by atoms with Crippen molar-refractivity contribution >= 4 is 5.97 Å². The van der Waals surface area contributed by atoms with Crippen molar-refractivity contribution in [3.8, 4) is 17.2 Å². The van der Waals surface area contributed by atoms with Crippen molar-refractivity contribution in [2.75, 3.05) is 34.4 Å². The highest BCUT2D eigenvalue weighted by Gasteiger charge is 2.33. The van der Waals surface area contributed by atoms with Crippen LogP contribution in [0, 0.1) is 11.7 Å². The van der Waals surface area contributed by atoms with Gasteiger partial charge < -0.3 is 19.3 Å². The van der Waals surface area contributed by atoms with Crippen LogP contribution < -0.4 is 14.2 Å². The third-order valence-corrected chi connectivity index (χ3v) is 5.39. The summed E-state index contributed by atoms with van der Waals surface area (Å²) >= 11 is 0. The minimum atomic E-state index is -0.809. The number of carboxylic acid groups (broad SMARTS) is 1. The van der Waals surface area contributed by atoms with Crippen LogP contribution >= 0.6 is 0 Å². The van der Waals surface area contributed by atoms with Crippen molar-refractivity contribution in [1.29, 1.82) is 0 Å². The van der Waals surface area contributed by atoms with Gasteiger partial charge in [0.25, 0.3) is 0 Å². The van der Waals surface area contributed by atoms with E-state index >= 15 is 0 Å². The number of aliphatic carboxylic acids is 1. The highest BCUT2D eigenvalue weighted by Crippen LogP contribution is 2.39. The molecule has 0 aromatic heterocycles. The SMILES string of the molecule is COc1ccc(C(c2ccc(OC)c(F)c2)N2CCCC(C(=O)O)C2)c(OC)c1. The zero-order chi connectivity index (χ0) is 21.0. The highest BCUT2D eigenvalue weighted by atomic mass is 19.1. The number of likely N-dealkylation sites (tertiary alicyclic amines) is 1. The Hall–Kier alpha value is -2.80. The molecule has 1 saturated heterocycles. The normalized spacial score (nSPS) is 18.1. The molecule has 1 aliphatic heterocycles. The average molecular weight is 403 g/mol. The maximum atomic E-state index is 14.5. The number of benzene rings is 2. The summed E-state index contributed by atoms with van der Waals surface area (Å²) in [7, 11) is 4.57. The van der Waals surface area contributed by atoms with E-state index < -0.39 is 17.7 Å². The first-order chi connectivity index (χ1) is 14.0. The molecule has 0 bridgehead atoms. The Bertz CT molecular complexity index is 872. The fraction of sp³-hybridized carbons (Fsp3) is 0.409. The number of nitrogens with zero attached hydrogens (tertiary/aromatic N) is 1. The summed E-state index contributed by atoms with van der Waals surface area (Å²) in [6.07, 6.45) is 1.39. The molecule has 0 radical (unpaired) electrons. The van der Waals surface area contributed by atoms with E-state index in [4.69, 9.17) is 14.2 Å². The summed E-state index contributed by atoms with van der Waals surface area (Å²) in [6, 6.07) is 9.96. The number of carboxylic acids is 1. The standard InChI is InChI=1S/C22H26FNO5/c1-27-16-7-8-17(20(12-16)29-3)21(14-6-9-19(28-2)18(23)11-14)24-10-4-5-15(13-24)22(25)26/h6-9,11-12,15,21H,4-5,10,13H2,1-3H3,(H,25,26). The lowest BCUT2D eigenvalue weighted by atomic mass is 9.91. The van der Waals surface area contributed by atoms with E-state index in [0.717, 1.165) is 12.0 Å². The molecule has 0 aliphatic carbocycles. The van der Waals surface area contributed by atoms with Gasteiger partial charge in [-0.1, -0.05) is 6.07 Å². The van der Waals surface area contributed by atoms with Gasteiger partial charge in [-0.3, -0.25) is 9.69 Å². The molecule has 1 aliphatic rings. The monoisotopic (exact) mass is 403 g/mol. The summed E-state index contributed by atoms with van der Waals surface area (Å²) in [5.74, 6) is -0.324. The lowest BCUT2D eigenvalue weighted by Gasteiger charge is -2.38. The molecular weight excluding hydrogens is 377 g/mol. The zero-order valence-corrected chi connectivity index (χ0v) is 16.9. The van der Waals surface area contributed by atoms with Crippen LogP contribution in [0.1, 0.15) is 30.0 Å². The molecule has 2 aromatic rings. The number of methoxy groups -OCH3 is 3. The molecule has 2 unspecified atom stereocenters. The van der Waals surface area contributed by atoms with E-state index in [1.807, 2.05) is 12.1 Å². The summed E-state index contributed by atoms with van der Waals surface area (Å²) < 4.78 is 30.4. The first-order valence-corrected chi connectivity index (χ1v) is 9.50. The van der Waals surface area contributed by atoms with Gasteiger partial charge >= 0.3 is 5.97 Å². The van der Waals surface area contributed by atoms with E-state index in [2.05, 4.69) is 4.90 Å². The van der Waals surface area contributed by atoms with Crippen molar-refractivity contribution in [3.05, 3.63) is 53.3 Å². The Kier molecular flexibility index (Phi) is 6.59. The van der Waals surface area contributed by atoms with Gasteiger partial charge in [-0.2, -0.15) is 0 Å². The van der Waals surface area contributed by atoms with Crippen LogP contribution in [0.4, 0.5) is 4.39 Å². The van der Waals surface area contributed by atoms with Crippen molar-refractivity contribution in [3.63, 3.8) is 0 Å². The Labute approximate surface area is 169 Å². The quantitative estimate of drug-likeness (QED) is 0.760. The van der Waals surface area contributed by atoms with Gasteiger partial charge in [-0.25, -0.2) is 4.39 Å². The van der Waals surface area contributed by atoms with Crippen LogP contribution in [0.25, 0.3) is 0 Å². The van der Waals surface area contributed by atoms with Gasteiger partial charge in [0.15, 0.2) is 11.6 Å². The number of piperidine rings is 1. The van der Waals surface area contributed by atoms with Crippen LogP contribution in [-0.2, 0) is 4.79 Å². The fourth-order valence-corrected chi connectivity index (χ4v) is 3.93. The maximum Gasteiger partial charge on any atom is 0.307 e. The van der Waals surface area contributed by atoms with Crippen molar-refractivity contribution in [2.24, 2.45) is 5.92 Å². The van der Waals surface area contributed by atoms with Gasteiger partial charge in [0, 0.05) is 18.2 Å². The van der Waals surface area contributed by atoms with Gasteiger partial charge in [0.05, 0.1) is 33.3 Å². The molecule has 156 valence electrons. The van der Waals surface area contributed by atoms with E-state index in [0.29, 0.717) is 36.6 Å². The van der Waals surface area contributed by atoms with Gasteiger partial charge in [-0.05, 0) is 49.2 Å². The van der Waals surface area contributed by atoms with E-state index in [9.17, 15) is 14.3 Å². The van der Waals surface area contributed by atoms with Crippen LogP contribution in [0.15, 0.2) is 36.4 Å². The highest BCUT2D eigenvalue weighted by molar-refractivity contribution is 5.70. The van der Waals surface area contributed by atoms with Gasteiger partial charge in [0.1, 0.15) is 11.5 Å². The topological polar surface area (TPSA) is 68.2 Å². The molecule has 6 nitrogen and oxygen atoms in total. The van der Waals surface area contributed by atoms with Crippen molar-refractivity contribution < 1.29 is 28.5 Å². The van der Waals surface area contributed by atoms with Gasteiger partial charge in [-0.15, -0.1) is 0 Å². The number of hydrogen-bond donors (Lipinski definition) is 1. The summed E-state index contributed by atoms with van der Waals surface area (Å²) in [4.78, 5) is 13.7. The molecule has 0 spiro atoms. The molecule has 1 heterocycles. The minimum Gasteiger partial charge on any atom is -0.497 e. The third kappa shape index (κ3) is 4.45. The predicted octanol–water partition coefficient (Wildman–Crippen LogP) is 3.74. The summed E-state index contributed by atoms with van der Waals surface area (Å²) in [5.41, 5.74) is 1.53. The molecule has 0 amide bonds. The second-order valence-corrected chi connectivity index (χ2v) is 7.08. The Morgan fingerprint density at radius 2 is 1.86 bits per heavy atom. The number of hydrogen-bond acceptors (Lipinski definition) is 5. The average Bonchev–Trinajstić information content (AvgIpc) is 2.74. The second kappa shape index (κ2) is 9.13. The third-order valence-electron chi connectivity index (χ3n) is 5.39. The largest absolute Gasteiger partial charge is 0.497 e. The molecule has 3 rings (SSSR count). The van der Waals surface area contributed by atoms with Crippen molar-refractivity contribution in [2.45, 2.75) is 18.9 Å². The van der Waals surface area contributed by atoms with Crippen molar-refractivity contribution in [1.82, 2.24) is 4.90 Å². The number of carbonyl (C=O) groups is 1. The van der Waals surface area contributed by atoms with E-state index in [-0.39, 0.29) is 11.8 Å². The number of ether oxygens (including phenoxy) is 3. The molecule has 0 saturated carbocycles. The molecule has 1 N–H and O–H groups in total. The Morgan fingerprint density at radius 1 is 1.10 bits per heavy atom. The van der Waals surface area contributed by atoms with Crippen LogP contribution in [-0.4, -0.2) is 50.4 Å². The van der Waals surface area contributed by atoms with E-state index in [1.165, 1.54) is 13.2 Å². The second-order valence-electron chi connectivity index (χ2n) is 7.08. The zero-order valence-electron chi connectivity index (χ0n) is 16.9. The Morgan fingerprint density at radius 3 is 2.48 bits per heavy atom. The molecule has 7 heteroatoms. The minimum absolute atomic E-state index is 0.163. The summed E-state index contributed by atoms with van der Waals surface area (Å²) in [5, 5.41) is 9.52. The molecular formula is C22H26FNO5. The van der Waals surface area contributed by atoms with Crippen LogP contribution in [0.3, 0.4) is 0 Å². The predicted molar refractivity (Wildman–Crippen MR) is 106 cm³/mol. The summed E-state index contributed by atoms with van der Waals surface area (Å²) in [6.45, 7) is 1.08. The first-order valence-electron chi connectivity index (χ1n) is 9.50. The first kappa shape index (κ1) is 20.9. The fourth-order valence-electron chi connectivity index (χ4n) is 3.93. The molecule has 2 atom stereocenters. The lowest BCUT2D eigenvalue weighted by molar-refractivity contribution is -0.143. The van der Waals surface area contributed by atoms with Crippen LogP contribution in [0.2, 0.25) is 0 Å². The van der Waals surface area contributed by atoms with Crippen LogP contribution in [0.5, 0.6) is 17.2 Å². The Balaban J connectivity index is 2.09. The lowest BCUT2D eigenvalue weighted by Crippen LogP contribution is -2.41. The van der Waals surface area contributed by atoms with Gasteiger partial charge in [0.2, 0.25) is 0 Å². The molecule has 1 fully saturated rings.